The second-order valence-electron chi connectivity index (χ2n) is 3.17. The normalized spacial score (nSPS) is 10.2. The van der Waals surface area contributed by atoms with Gasteiger partial charge in [0.25, 0.3) is 5.91 Å². The van der Waals surface area contributed by atoms with Crippen molar-refractivity contribution in [1.82, 2.24) is 5.32 Å². The van der Waals surface area contributed by atoms with Crippen molar-refractivity contribution in [3.63, 3.8) is 0 Å². The summed E-state index contributed by atoms with van der Waals surface area (Å²) in [5, 5.41) is 2.36. The van der Waals surface area contributed by atoms with E-state index in [0.29, 0.717) is 0 Å². The lowest BCUT2D eigenvalue weighted by atomic mass is 10.2. The average molecular weight is 298 g/mol. The van der Waals surface area contributed by atoms with Crippen molar-refractivity contribution in [1.29, 1.82) is 0 Å². The minimum atomic E-state index is -0.548. The van der Waals surface area contributed by atoms with E-state index in [0.717, 1.165) is 10.0 Å². The Balaban J connectivity index is 2.48. The van der Waals surface area contributed by atoms with Crippen LogP contribution in [0.3, 0.4) is 0 Å². The summed E-state index contributed by atoms with van der Waals surface area (Å²) < 4.78 is 5.63. The van der Waals surface area contributed by atoms with Gasteiger partial charge in [-0.05, 0) is 23.8 Å². The van der Waals surface area contributed by atoms with Crippen LogP contribution in [-0.2, 0) is 14.3 Å². The summed E-state index contributed by atoms with van der Waals surface area (Å²) in [4.78, 5) is 22.0. The number of benzene rings is 1. The maximum atomic E-state index is 11.2. The zero-order valence-corrected chi connectivity index (χ0v) is 10.9. The molecule has 0 saturated heterocycles. The Labute approximate surface area is 108 Å². The number of carbonyl (C=O) groups excluding carboxylic acids is 2. The third-order valence-corrected chi connectivity index (χ3v) is 2.38. The fraction of sp³-hybridized carbons (Fsp3) is 0.167. The SMILES string of the molecule is CNC(=O)COC(=O)/C=C/c1cccc(Br)c1. The van der Waals surface area contributed by atoms with Crippen LogP contribution >= 0.6 is 15.9 Å². The highest BCUT2D eigenvalue weighted by Crippen LogP contribution is 2.12. The third-order valence-electron chi connectivity index (χ3n) is 1.88. The van der Waals surface area contributed by atoms with Crippen molar-refractivity contribution in [3.05, 3.63) is 40.4 Å². The van der Waals surface area contributed by atoms with E-state index in [1.54, 1.807) is 6.08 Å². The highest BCUT2D eigenvalue weighted by atomic mass is 79.9. The Morgan fingerprint density at radius 2 is 2.24 bits per heavy atom. The fourth-order valence-corrected chi connectivity index (χ4v) is 1.45. The smallest absolute Gasteiger partial charge is 0.331 e. The third kappa shape index (κ3) is 5.31. The Kier molecular flexibility index (Phi) is 5.42. The maximum Gasteiger partial charge on any atom is 0.331 e. The summed E-state index contributed by atoms with van der Waals surface area (Å²) in [6, 6.07) is 7.47. The van der Waals surface area contributed by atoms with Crippen molar-refractivity contribution >= 4 is 33.9 Å². The van der Waals surface area contributed by atoms with Gasteiger partial charge in [-0.3, -0.25) is 4.79 Å². The van der Waals surface area contributed by atoms with E-state index in [2.05, 4.69) is 21.2 Å². The number of hydrogen-bond donors (Lipinski definition) is 1. The molecule has 5 heteroatoms. The monoisotopic (exact) mass is 297 g/mol. The summed E-state index contributed by atoms with van der Waals surface area (Å²) in [6.07, 6.45) is 2.90. The Hall–Kier alpha value is -1.62. The van der Waals surface area contributed by atoms with Crippen molar-refractivity contribution < 1.29 is 14.3 Å². The predicted octanol–water partition coefficient (Wildman–Crippen LogP) is 1.75. The average Bonchev–Trinajstić information content (AvgIpc) is 2.33. The number of amides is 1. The number of ether oxygens (including phenoxy) is 1. The van der Waals surface area contributed by atoms with Crippen LogP contribution in [0, 0.1) is 0 Å². The van der Waals surface area contributed by atoms with Crippen molar-refractivity contribution in [3.8, 4) is 0 Å². The molecule has 0 aliphatic heterocycles. The van der Waals surface area contributed by atoms with E-state index < -0.39 is 5.97 Å². The lowest BCUT2D eigenvalue weighted by Gasteiger charge is -1.99. The van der Waals surface area contributed by atoms with E-state index in [-0.39, 0.29) is 12.5 Å². The molecule has 0 aliphatic rings. The van der Waals surface area contributed by atoms with Gasteiger partial charge in [-0.25, -0.2) is 4.79 Å². The molecule has 1 N–H and O–H groups in total. The van der Waals surface area contributed by atoms with Gasteiger partial charge in [-0.1, -0.05) is 28.1 Å². The van der Waals surface area contributed by atoms with Crippen LogP contribution in [0.2, 0.25) is 0 Å². The second kappa shape index (κ2) is 6.85. The first kappa shape index (κ1) is 13.4. The van der Waals surface area contributed by atoms with Crippen molar-refractivity contribution in [2.24, 2.45) is 0 Å². The van der Waals surface area contributed by atoms with Gasteiger partial charge in [0, 0.05) is 17.6 Å². The highest BCUT2D eigenvalue weighted by Gasteiger charge is 2.01. The summed E-state index contributed by atoms with van der Waals surface area (Å²) >= 11 is 3.33. The molecule has 90 valence electrons. The Morgan fingerprint density at radius 1 is 1.47 bits per heavy atom. The molecule has 0 aliphatic carbocycles. The van der Waals surface area contributed by atoms with Gasteiger partial charge >= 0.3 is 5.97 Å². The van der Waals surface area contributed by atoms with Crippen LogP contribution in [0.25, 0.3) is 6.08 Å². The Bertz CT molecular complexity index is 443. The molecule has 0 bridgehead atoms. The van der Waals surface area contributed by atoms with Crippen LogP contribution in [0.1, 0.15) is 5.56 Å². The number of carbonyl (C=O) groups is 2. The standard InChI is InChI=1S/C12H12BrNO3/c1-14-11(15)8-17-12(16)6-5-9-3-2-4-10(13)7-9/h2-7H,8H2,1H3,(H,14,15)/b6-5+. The lowest BCUT2D eigenvalue weighted by molar-refractivity contribution is -0.143. The minimum absolute atomic E-state index is 0.266. The summed E-state index contributed by atoms with van der Waals surface area (Å²) in [6.45, 7) is -0.266. The van der Waals surface area contributed by atoms with Gasteiger partial charge in [0.05, 0.1) is 0 Å². The van der Waals surface area contributed by atoms with Gasteiger partial charge in [0.15, 0.2) is 6.61 Å². The van der Waals surface area contributed by atoms with Gasteiger partial charge in [0.1, 0.15) is 0 Å². The molecule has 0 saturated carbocycles. The first-order chi connectivity index (χ1) is 8.11. The second-order valence-corrected chi connectivity index (χ2v) is 4.08. The number of esters is 1. The van der Waals surface area contributed by atoms with E-state index in [9.17, 15) is 9.59 Å². The van der Waals surface area contributed by atoms with Gasteiger partial charge in [-0.15, -0.1) is 0 Å². The van der Waals surface area contributed by atoms with Crippen LogP contribution in [-0.4, -0.2) is 25.5 Å². The molecule has 0 heterocycles. The molecule has 17 heavy (non-hydrogen) atoms. The summed E-state index contributed by atoms with van der Waals surface area (Å²) in [5.41, 5.74) is 0.872. The molecular formula is C12H12BrNO3. The quantitative estimate of drug-likeness (QED) is 0.680. The number of rotatable bonds is 4. The summed E-state index contributed by atoms with van der Waals surface area (Å²) in [7, 11) is 1.48. The largest absolute Gasteiger partial charge is 0.452 e. The van der Waals surface area contributed by atoms with E-state index >= 15 is 0 Å². The maximum absolute atomic E-state index is 11.2. The zero-order chi connectivity index (χ0) is 12.7. The molecule has 0 radical (unpaired) electrons. The van der Waals surface area contributed by atoms with Crippen LogP contribution < -0.4 is 5.32 Å². The number of nitrogens with one attached hydrogen (secondary N) is 1. The van der Waals surface area contributed by atoms with Gasteiger partial charge < -0.3 is 10.1 Å². The molecule has 4 nitrogen and oxygen atoms in total. The van der Waals surface area contributed by atoms with Gasteiger partial charge in [-0.2, -0.15) is 0 Å². The topological polar surface area (TPSA) is 55.4 Å². The molecular weight excluding hydrogens is 286 g/mol. The minimum Gasteiger partial charge on any atom is -0.452 e. The van der Waals surface area contributed by atoms with Crippen LogP contribution in [0.4, 0.5) is 0 Å². The molecule has 0 unspecified atom stereocenters. The molecule has 1 aromatic rings. The van der Waals surface area contributed by atoms with Crippen molar-refractivity contribution in [2.45, 2.75) is 0 Å². The lowest BCUT2D eigenvalue weighted by Crippen LogP contribution is -2.24. The molecule has 1 aromatic carbocycles. The van der Waals surface area contributed by atoms with E-state index in [4.69, 9.17) is 4.74 Å². The number of likely N-dealkylation sites (N-methyl/N-ethyl adjacent to an activating group) is 1. The molecule has 0 spiro atoms. The molecule has 0 aromatic heterocycles. The first-order valence-electron chi connectivity index (χ1n) is 4.93. The zero-order valence-electron chi connectivity index (χ0n) is 9.27. The van der Waals surface area contributed by atoms with Crippen LogP contribution in [0.15, 0.2) is 34.8 Å². The number of hydrogen-bond acceptors (Lipinski definition) is 3. The first-order valence-corrected chi connectivity index (χ1v) is 5.72. The van der Waals surface area contributed by atoms with Crippen molar-refractivity contribution in [2.75, 3.05) is 13.7 Å². The highest BCUT2D eigenvalue weighted by molar-refractivity contribution is 9.10. The Morgan fingerprint density at radius 3 is 2.88 bits per heavy atom. The molecule has 0 fully saturated rings. The number of halogens is 1. The van der Waals surface area contributed by atoms with Crippen LogP contribution in [0.5, 0.6) is 0 Å². The predicted molar refractivity (Wildman–Crippen MR) is 68.2 cm³/mol. The fourth-order valence-electron chi connectivity index (χ4n) is 1.03. The van der Waals surface area contributed by atoms with Gasteiger partial charge in [0.2, 0.25) is 0 Å². The van der Waals surface area contributed by atoms with E-state index in [1.165, 1.54) is 13.1 Å². The van der Waals surface area contributed by atoms with E-state index in [1.807, 2.05) is 24.3 Å². The molecule has 1 rings (SSSR count). The summed E-state index contributed by atoms with van der Waals surface area (Å²) in [5.74, 6) is -0.886. The molecule has 1 amide bonds. The molecule has 0 atom stereocenters.